The first kappa shape index (κ1) is 6.33. The molecule has 1 aliphatic rings. The van der Waals surface area contributed by atoms with Gasteiger partial charge in [-0.1, -0.05) is 6.92 Å². The van der Waals surface area contributed by atoms with Gasteiger partial charge in [-0.25, -0.2) is 0 Å². The Morgan fingerprint density at radius 1 is 1.78 bits per heavy atom. The maximum atomic E-state index is 4.11. The minimum Gasteiger partial charge on any atom is -0.386 e. The summed E-state index contributed by atoms with van der Waals surface area (Å²) in [5.41, 5.74) is 1.29. The van der Waals surface area contributed by atoms with Crippen LogP contribution in [-0.2, 0) is 0 Å². The van der Waals surface area contributed by atoms with Crippen molar-refractivity contribution in [2.24, 2.45) is 4.99 Å². The lowest BCUT2D eigenvalue weighted by atomic mass is 10.3. The van der Waals surface area contributed by atoms with Crippen molar-refractivity contribution in [3.8, 4) is 0 Å². The maximum Gasteiger partial charge on any atom is 0.0562 e. The zero-order chi connectivity index (χ0) is 6.53. The predicted octanol–water partition coefficient (Wildman–Crippen LogP) is 0.954. The topological polar surface area (TPSA) is 24.4 Å². The molecular weight excluding hydrogens is 112 g/mol. The Hall–Kier alpha value is -0.790. The molecule has 0 aromatic heterocycles. The molecule has 0 radical (unpaired) electrons. The highest BCUT2D eigenvalue weighted by molar-refractivity contribution is 5.72. The summed E-state index contributed by atoms with van der Waals surface area (Å²) in [5, 5.41) is 3.27. The van der Waals surface area contributed by atoms with E-state index in [-0.39, 0.29) is 0 Å². The largest absolute Gasteiger partial charge is 0.386 e. The smallest absolute Gasteiger partial charge is 0.0562 e. The first-order valence-electron chi connectivity index (χ1n) is 3.36. The molecule has 0 spiro atoms. The Morgan fingerprint density at radius 2 is 2.67 bits per heavy atom. The number of allylic oxidation sites excluding steroid dienone is 2. The standard InChI is InChI=1S/C7H12N2/c1-2-7-3-4-8-5-6-9-7/h3-4,9H,2,5-6H2,1H3. The van der Waals surface area contributed by atoms with Crippen molar-refractivity contribution in [1.29, 1.82) is 0 Å². The van der Waals surface area contributed by atoms with Crippen molar-refractivity contribution in [2.75, 3.05) is 13.1 Å². The SMILES string of the molecule is CCC1=CC=NCCN1. The van der Waals surface area contributed by atoms with Crippen molar-refractivity contribution in [1.82, 2.24) is 5.32 Å². The molecule has 2 heteroatoms. The van der Waals surface area contributed by atoms with Gasteiger partial charge in [0.2, 0.25) is 0 Å². The highest BCUT2D eigenvalue weighted by Gasteiger charge is 1.92. The molecule has 1 N–H and O–H groups in total. The number of nitrogens with zero attached hydrogens (tertiary/aromatic N) is 1. The summed E-state index contributed by atoms with van der Waals surface area (Å²) < 4.78 is 0. The minimum atomic E-state index is 0.903. The molecule has 0 saturated carbocycles. The Balaban J connectivity index is 2.49. The fourth-order valence-corrected chi connectivity index (χ4v) is 0.800. The normalized spacial score (nSPS) is 18.1. The predicted molar refractivity (Wildman–Crippen MR) is 39.7 cm³/mol. The third-order valence-electron chi connectivity index (χ3n) is 1.35. The van der Waals surface area contributed by atoms with E-state index in [1.165, 1.54) is 5.70 Å². The molecular formula is C7H12N2. The third-order valence-corrected chi connectivity index (χ3v) is 1.35. The molecule has 9 heavy (non-hydrogen) atoms. The number of aliphatic imine (C=N–C) groups is 1. The van der Waals surface area contributed by atoms with E-state index >= 15 is 0 Å². The molecule has 2 nitrogen and oxygen atoms in total. The average molecular weight is 124 g/mol. The Morgan fingerprint density at radius 3 is 3.44 bits per heavy atom. The molecule has 0 aromatic carbocycles. The number of nitrogens with one attached hydrogen (secondary N) is 1. The first-order valence-corrected chi connectivity index (χ1v) is 3.36. The van der Waals surface area contributed by atoms with Crippen LogP contribution in [0.25, 0.3) is 0 Å². The molecule has 0 unspecified atom stereocenters. The molecule has 0 saturated heterocycles. The van der Waals surface area contributed by atoms with Gasteiger partial charge in [0, 0.05) is 18.5 Å². The number of hydrogen-bond donors (Lipinski definition) is 1. The fourth-order valence-electron chi connectivity index (χ4n) is 0.800. The van der Waals surface area contributed by atoms with Crippen LogP contribution < -0.4 is 5.32 Å². The molecule has 1 heterocycles. The van der Waals surface area contributed by atoms with Crippen molar-refractivity contribution in [3.05, 3.63) is 11.8 Å². The minimum absolute atomic E-state index is 0.903. The van der Waals surface area contributed by atoms with Gasteiger partial charge in [0.15, 0.2) is 0 Å². The van der Waals surface area contributed by atoms with Crippen LogP contribution in [0.1, 0.15) is 13.3 Å². The van der Waals surface area contributed by atoms with E-state index in [1.807, 2.05) is 12.3 Å². The van der Waals surface area contributed by atoms with E-state index in [2.05, 4.69) is 17.2 Å². The second kappa shape index (κ2) is 3.28. The van der Waals surface area contributed by atoms with Crippen LogP contribution in [0.3, 0.4) is 0 Å². The van der Waals surface area contributed by atoms with Gasteiger partial charge in [-0.3, -0.25) is 4.99 Å². The van der Waals surface area contributed by atoms with Crippen molar-refractivity contribution >= 4 is 6.21 Å². The second-order valence-electron chi connectivity index (χ2n) is 2.03. The lowest BCUT2D eigenvalue weighted by molar-refractivity contribution is 0.776. The van der Waals surface area contributed by atoms with E-state index in [1.54, 1.807) is 0 Å². The lowest BCUT2D eigenvalue weighted by Crippen LogP contribution is -2.14. The van der Waals surface area contributed by atoms with Gasteiger partial charge in [-0.05, 0) is 12.5 Å². The van der Waals surface area contributed by atoms with Crippen LogP contribution in [0.4, 0.5) is 0 Å². The fraction of sp³-hybridized carbons (Fsp3) is 0.571. The van der Waals surface area contributed by atoms with Crippen molar-refractivity contribution in [3.63, 3.8) is 0 Å². The second-order valence-corrected chi connectivity index (χ2v) is 2.03. The van der Waals surface area contributed by atoms with Gasteiger partial charge in [-0.15, -0.1) is 0 Å². The average Bonchev–Trinajstić information content (AvgIpc) is 2.13. The highest BCUT2D eigenvalue weighted by atomic mass is 14.9. The molecule has 0 bridgehead atoms. The zero-order valence-electron chi connectivity index (χ0n) is 5.72. The van der Waals surface area contributed by atoms with E-state index < -0.39 is 0 Å². The lowest BCUT2D eigenvalue weighted by Gasteiger charge is -2.02. The summed E-state index contributed by atoms with van der Waals surface area (Å²) in [6.07, 6.45) is 4.98. The van der Waals surface area contributed by atoms with Gasteiger partial charge in [0.05, 0.1) is 6.54 Å². The van der Waals surface area contributed by atoms with Crippen LogP contribution in [0, 0.1) is 0 Å². The van der Waals surface area contributed by atoms with E-state index in [4.69, 9.17) is 0 Å². The van der Waals surface area contributed by atoms with Gasteiger partial charge in [0.25, 0.3) is 0 Å². The molecule has 0 fully saturated rings. The van der Waals surface area contributed by atoms with Crippen LogP contribution in [-0.4, -0.2) is 19.3 Å². The molecule has 50 valence electrons. The van der Waals surface area contributed by atoms with Gasteiger partial charge < -0.3 is 5.32 Å². The van der Waals surface area contributed by atoms with Crippen LogP contribution in [0.5, 0.6) is 0 Å². The zero-order valence-corrected chi connectivity index (χ0v) is 5.72. The molecule has 1 aliphatic heterocycles. The third kappa shape index (κ3) is 1.88. The van der Waals surface area contributed by atoms with E-state index in [0.717, 1.165) is 19.5 Å². The van der Waals surface area contributed by atoms with Gasteiger partial charge in [0.1, 0.15) is 0 Å². The number of hydrogen-bond acceptors (Lipinski definition) is 2. The summed E-state index contributed by atoms with van der Waals surface area (Å²) in [6.45, 7) is 4.02. The summed E-state index contributed by atoms with van der Waals surface area (Å²) in [6, 6.07) is 0. The Kier molecular flexibility index (Phi) is 2.31. The Bertz CT molecular complexity index is 136. The Labute approximate surface area is 55.7 Å². The van der Waals surface area contributed by atoms with E-state index in [9.17, 15) is 0 Å². The molecule has 0 aromatic rings. The quantitative estimate of drug-likeness (QED) is 0.553. The molecule has 0 aliphatic carbocycles. The van der Waals surface area contributed by atoms with Gasteiger partial charge in [-0.2, -0.15) is 0 Å². The van der Waals surface area contributed by atoms with E-state index in [0.29, 0.717) is 0 Å². The molecule has 1 rings (SSSR count). The van der Waals surface area contributed by atoms with Crippen LogP contribution in [0.2, 0.25) is 0 Å². The monoisotopic (exact) mass is 124 g/mol. The first-order chi connectivity index (χ1) is 4.43. The highest BCUT2D eigenvalue weighted by Crippen LogP contribution is 1.94. The molecule has 0 atom stereocenters. The number of rotatable bonds is 1. The summed E-state index contributed by atoms with van der Waals surface area (Å²) in [4.78, 5) is 4.11. The van der Waals surface area contributed by atoms with Gasteiger partial charge >= 0.3 is 0 Å². The van der Waals surface area contributed by atoms with Crippen molar-refractivity contribution < 1.29 is 0 Å². The summed E-state index contributed by atoms with van der Waals surface area (Å²) >= 11 is 0. The molecule has 0 amide bonds. The van der Waals surface area contributed by atoms with Crippen LogP contribution in [0.15, 0.2) is 16.8 Å². The summed E-state index contributed by atoms with van der Waals surface area (Å²) in [5.74, 6) is 0. The van der Waals surface area contributed by atoms with Crippen LogP contribution >= 0.6 is 0 Å². The maximum absolute atomic E-state index is 4.11. The van der Waals surface area contributed by atoms with Crippen molar-refractivity contribution in [2.45, 2.75) is 13.3 Å². The summed E-state index contributed by atoms with van der Waals surface area (Å²) in [7, 11) is 0.